The van der Waals surface area contributed by atoms with Gasteiger partial charge in [-0.1, -0.05) is 12.1 Å². The van der Waals surface area contributed by atoms with Crippen LogP contribution in [0.25, 0.3) is 0 Å². The molecule has 0 spiro atoms. The molecule has 1 rings (SSSR count). The zero-order valence-electron chi connectivity index (χ0n) is 11.7. The van der Waals surface area contributed by atoms with Crippen LogP contribution in [0, 0.1) is 0 Å². The van der Waals surface area contributed by atoms with Crippen molar-refractivity contribution < 1.29 is 18.0 Å². The average molecular weight is 288 g/mol. The van der Waals surface area contributed by atoms with Crippen molar-refractivity contribution in [1.29, 1.82) is 0 Å². The third kappa shape index (κ3) is 4.43. The Kier molecular flexibility index (Phi) is 4.68. The molecule has 1 aromatic carbocycles. The molecule has 0 saturated carbocycles. The predicted molar refractivity (Wildman–Crippen MR) is 72.2 cm³/mol. The highest BCUT2D eigenvalue weighted by Crippen LogP contribution is 2.26. The van der Waals surface area contributed by atoms with Gasteiger partial charge in [0.25, 0.3) is 0 Å². The van der Waals surface area contributed by atoms with Crippen LogP contribution >= 0.6 is 0 Å². The van der Waals surface area contributed by atoms with Gasteiger partial charge in [-0.2, -0.15) is 13.2 Å². The summed E-state index contributed by atoms with van der Waals surface area (Å²) in [6.45, 7) is 4.66. The number of carbonyl (C=O) groups is 1. The lowest BCUT2D eigenvalue weighted by molar-refractivity contribution is -0.142. The maximum Gasteiger partial charge on any atom is 0.391 e. The molecule has 1 aromatic rings. The van der Waals surface area contributed by atoms with Crippen molar-refractivity contribution in [2.24, 2.45) is 0 Å². The first-order valence-electron chi connectivity index (χ1n) is 6.26. The van der Waals surface area contributed by atoms with Gasteiger partial charge in [-0.3, -0.25) is 4.79 Å². The van der Waals surface area contributed by atoms with Gasteiger partial charge in [-0.05, 0) is 38.5 Å². The predicted octanol–water partition coefficient (Wildman–Crippen LogP) is 3.00. The van der Waals surface area contributed by atoms with Crippen molar-refractivity contribution in [3.8, 4) is 0 Å². The summed E-state index contributed by atoms with van der Waals surface area (Å²) in [6.07, 6.45) is -5.34. The van der Waals surface area contributed by atoms with Crippen LogP contribution in [0.15, 0.2) is 24.3 Å². The summed E-state index contributed by atoms with van der Waals surface area (Å²) in [6, 6.07) is 5.75. The molecule has 0 radical (unpaired) electrons. The standard InChI is InChI=1S/C14H19F3N2O/c1-9(8-14(15,16)17)19-12(20)13(2,3)10-4-6-11(18)7-5-10/h4-7,9H,8,18H2,1-3H3,(H,19,20). The van der Waals surface area contributed by atoms with Crippen molar-refractivity contribution in [2.45, 2.75) is 44.8 Å². The van der Waals surface area contributed by atoms with E-state index in [1.807, 2.05) is 0 Å². The molecule has 0 bridgehead atoms. The van der Waals surface area contributed by atoms with Gasteiger partial charge in [0.1, 0.15) is 0 Å². The zero-order valence-corrected chi connectivity index (χ0v) is 11.7. The molecule has 0 aromatic heterocycles. The van der Waals surface area contributed by atoms with E-state index in [1.54, 1.807) is 38.1 Å². The first-order chi connectivity index (χ1) is 9.02. The minimum Gasteiger partial charge on any atom is -0.399 e. The number of nitrogens with one attached hydrogen (secondary N) is 1. The van der Waals surface area contributed by atoms with E-state index in [-0.39, 0.29) is 0 Å². The summed E-state index contributed by atoms with van der Waals surface area (Å²) >= 11 is 0. The monoisotopic (exact) mass is 288 g/mol. The third-order valence-corrected chi connectivity index (χ3v) is 3.12. The molecule has 0 aliphatic rings. The van der Waals surface area contributed by atoms with Crippen LogP contribution in [-0.4, -0.2) is 18.1 Å². The van der Waals surface area contributed by atoms with Gasteiger partial charge >= 0.3 is 6.18 Å². The molecule has 6 heteroatoms. The SMILES string of the molecule is CC(CC(F)(F)F)NC(=O)C(C)(C)c1ccc(N)cc1. The number of halogens is 3. The number of nitrogen functional groups attached to an aromatic ring is 1. The second-order valence-electron chi connectivity index (χ2n) is 5.44. The van der Waals surface area contributed by atoms with Gasteiger partial charge in [0.05, 0.1) is 11.8 Å². The first kappa shape index (κ1) is 16.3. The minimum absolute atomic E-state index is 0.445. The molecule has 0 saturated heterocycles. The molecule has 0 aliphatic carbocycles. The normalized spacial score (nSPS) is 13.9. The van der Waals surface area contributed by atoms with E-state index in [0.29, 0.717) is 11.3 Å². The molecule has 1 unspecified atom stereocenters. The van der Waals surface area contributed by atoms with Gasteiger partial charge in [0.2, 0.25) is 5.91 Å². The van der Waals surface area contributed by atoms with Crippen LogP contribution in [-0.2, 0) is 10.2 Å². The highest BCUT2D eigenvalue weighted by Gasteiger charge is 2.34. The van der Waals surface area contributed by atoms with Crippen LogP contribution in [0.4, 0.5) is 18.9 Å². The summed E-state index contributed by atoms with van der Waals surface area (Å²) < 4.78 is 36.8. The van der Waals surface area contributed by atoms with Crippen molar-refractivity contribution in [2.75, 3.05) is 5.73 Å². The van der Waals surface area contributed by atoms with Crippen molar-refractivity contribution in [1.82, 2.24) is 5.32 Å². The van der Waals surface area contributed by atoms with E-state index < -0.39 is 30.0 Å². The molecule has 0 heterocycles. The van der Waals surface area contributed by atoms with E-state index in [9.17, 15) is 18.0 Å². The number of carbonyl (C=O) groups excluding carboxylic acids is 1. The minimum atomic E-state index is -4.29. The molecule has 1 amide bonds. The first-order valence-corrected chi connectivity index (χ1v) is 6.26. The molecule has 3 N–H and O–H groups in total. The van der Waals surface area contributed by atoms with Crippen molar-refractivity contribution in [3.63, 3.8) is 0 Å². The Morgan fingerprint density at radius 2 is 1.75 bits per heavy atom. The fraction of sp³-hybridized carbons (Fsp3) is 0.500. The summed E-state index contributed by atoms with van der Waals surface area (Å²) in [5.74, 6) is -0.445. The van der Waals surface area contributed by atoms with Crippen LogP contribution < -0.4 is 11.1 Å². The summed E-state index contributed by atoms with van der Waals surface area (Å²) in [5.41, 5.74) is 5.91. The summed E-state index contributed by atoms with van der Waals surface area (Å²) in [5, 5.41) is 2.40. The van der Waals surface area contributed by atoms with Gasteiger partial charge in [0, 0.05) is 11.7 Å². The fourth-order valence-electron chi connectivity index (χ4n) is 1.83. The fourth-order valence-corrected chi connectivity index (χ4v) is 1.83. The van der Waals surface area contributed by atoms with Crippen LogP contribution in [0.5, 0.6) is 0 Å². The number of hydrogen-bond donors (Lipinski definition) is 2. The number of benzene rings is 1. The number of alkyl halides is 3. The molecular weight excluding hydrogens is 269 g/mol. The summed E-state index contributed by atoms with van der Waals surface area (Å²) in [7, 11) is 0. The van der Waals surface area contributed by atoms with E-state index in [1.165, 1.54) is 6.92 Å². The lowest BCUT2D eigenvalue weighted by atomic mass is 9.83. The van der Waals surface area contributed by atoms with E-state index in [4.69, 9.17) is 5.73 Å². The molecule has 1 atom stereocenters. The number of hydrogen-bond acceptors (Lipinski definition) is 2. The lowest BCUT2D eigenvalue weighted by Gasteiger charge is -2.27. The van der Waals surface area contributed by atoms with E-state index >= 15 is 0 Å². The average Bonchev–Trinajstić information content (AvgIpc) is 2.26. The number of amides is 1. The third-order valence-electron chi connectivity index (χ3n) is 3.12. The Morgan fingerprint density at radius 3 is 2.20 bits per heavy atom. The summed E-state index contributed by atoms with van der Waals surface area (Å²) in [4.78, 5) is 12.1. The maximum absolute atomic E-state index is 12.3. The van der Waals surface area contributed by atoms with Crippen molar-refractivity contribution in [3.05, 3.63) is 29.8 Å². The Hall–Kier alpha value is -1.72. The van der Waals surface area contributed by atoms with E-state index in [0.717, 1.165) is 0 Å². The maximum atomic E-state index is 12.3. The second-order valence-corrected chi connectivity index (χ2v) is 5.44. The Morgan fingerprint density at radius 1 is 1.25 bits per heavy atom. The largest absolute Gasteiger partial charge is 0.399 e. The Labute approximate surface area is 116 Å². The van der Waals surface area contributed by atoms with Gasteiger partial charge < -0.3 is 11.1 Å². The molecule has 0 aliphatic heterocycles. The van der Waals surface area contributed by atoms with Crippen LogP contribution in [0.1, 0.15) is 32.8 Å². The highest BCUT2D eigenvalue weighted by atomic mass is 19.4. The molecular formula is C14H19F3N2O. The van der Waals surface area contributed by atoms with Gasteiger partial charge in [-0.25, -0.2) is 0 Å². The van der Waals surface area contributed by atoms with Crippen LogP contribution in [0.3, 0.4) is 0 Å². The smallest absolute Gasteiger partial charge is 0.391 e. The topological polar surface area (TPSA) is 55.1 Å². The van der Waals surface area contributed by atoms with Gasteiger partial charge in [-0.15, -0.1) is 0 Å². The zero-order chi connectivity index (χ0) is 15.6. The Bertz CT molecular complexity index is 466. The molecule has 3 nitrogen and oxygen atoms in total. The second kappa shape index (κ2) is 5.73. The molecule has 0 fully saturated rings. The highest BCUT2D eigenvalue weighted by molar-refractivity contribution is 5.87. The molecule has 20 heavy (non-hydrogen) atoms. The number of nitrogens with two attached hydrogens (primary N) is 1. The quantitative estimate of drug-likeness (QED) is 0.837. The Balaban J connectivity index is 2.77. The lowest BCUT2D eigenvalue weighted by Crippen LogP contribution is -2.45. The molecule has 112 valence electrons. The van der Waals surface area contributed by atoms with Gasteiger partial charge in [0.15, 0.2) is 0 Å². The number of anilines is 1. The van der Waals surface area contributed by atoms with Crippen molar-refractivity contribution >= 4 is 11.6 Å². The van der Waals surface area contributed by atoms with Crippen LogP contribution in [0.2, 0.25) is 0 Å². The van der Waals surface area contributed by atoms with E-state index in [2.05, 4.69) is 5.32 Å². The number of rotatable bonds is 4.